The first kappa shape index (κ1) is 6.48. The first-order valence-electron chi connectivity index (χ1n) is 3.98. The Morgan fingerprint density at radius 3 is 3.08 bits per heavy atom. The number of nitrogens with zero attached hydrogens (tertiary/aromatic N) is 1. The molecule has 2 heterocycles. The molecule has 2 N–H and O–H groups in total. The SMILES string of the molecule is Nc1scc2oc(C3CC3)nc12. The summed E-state index contributed by atoms with van der Waals surface area (Å²) in [5, 5.41) is 2.68. The predicted octanol–water partition coefficient (Wildman–Crippen LogP) is 2.35. The third kappa shape index (κ3) is 0.783. The molecule has 0 aromatic carbocycles. The minimum absolute atomic E-state index is 0.571. The first-order valence-corrected chi connectivity index (χ1v) is 4.86. The van der Waals surface area contributed by atoms with Gasteiger partial charge in [-0.25, -0.2) is 4.98 Å². The van der Waals surface area contributed by atoms with E-state index in [2.05, 4.69) is 4.98 Å². The van der Waals surface area contributed by atoms with Gasteiger partial charge in [-0.2, -0.15) is 0 Å². The van der Waals surface area contributed by atoms with Crippen LogP contribution in [-0.4, -0.2) is 4.98 Å². The number of aromatic nitrogens is 1. The molecule has 0 saturated heterocycles. The fraction of sp³-hybridized carbons (Fsp3) is 0.375. The Kier molecular flexibility index (Phi) is 1.09. The fourth-order valence-corrected chi connectivity index (χ4v) is 1.93. The van der Waals surface area contributed by atoms with Crippen LogP contribution in [0, 0.1) is 0 Å². The standard InChI is InChI=1S/C8H8N2OS/c9-7-6-5(3-12-7)11-8(10-6)4-1-2-4/h3-4H,1-2,9H2. The summed E-state index contributed by atoms with van der Waals surface area (Å²) in [6.07, 6.45) is 2.43. The highest BCUT2D eigenvalue weighted by atomic mass is 32.1. The lowest BCUT2D eigenvalue weighted by molar-refractivity contribution is 0.533. The van der Waals surface area contributed by atoms with Crippen LogP contribution in [-0.2, 0) is 0 Å². The van der Waals surface area contributed by atoms with Crippen LogP contribution in [0.3, 0.4) is 0 Å². The molecule has 4 heteroatoms. The number of oxazole rings is 1. The summed E-state index contributed by atoms with van der Waals surface area (Å²) >= 11 is 1.49. The third-order valence-electron chi connectivity index (χ3n) is 2.12. The molecule has 1 aliphatic rings. The number of hydrogen-bond donors (Lipinski definition) is 1. The summed E-state index contributed by atoms with van der Waals surface area (Å²) < 4.78 is 5.53. The van der Waals surface area contributed by atoms with Crippen LogP contribution in [0.1, 0.15) is 24.7 Å². The van der Waals surface area contributed by atoms with Crippen molar-refractivity contribution in [2.45, 2.75) is 18.8 Å². The molecule has 0 unspecified atom stereocenters. The molecule has 0 bridgehead atoms. The average Bonchev–Trinajstić information content (AvgIpc) is 2.73. The van der Waals surface area contributed by atoms with E-state index >= 15 is 0 Å². The molecular formula is C8H8N2OS. The van der Waals surface area contributed by atoms with Crippen LogP contribution >= 0.6 is 11.3 Å². The second-order valence-corrected chi connectivity index (χ2v) is 4.05. The molecule has 0 radical (unpaired) electrons. The van der Waals surface area contributed by atoms with Crippen LogP contribution < -0.4 is 5.73 Å². The van der Waals surface area contributed by atoms with E-state index in [1.165, 1.54) is 24.2 Å². The minimum atomic E-state index is 0.571. The first-order chi connectivity index (χ1) is 5.84. The molecule has 1 fully saturated rings. The smallest absolute Gasteiger partial charge is 0.198 e. The van der Waals surface area contributed by atoms with Crippen molar-refractivity contribution < 1.29 is 4.42 Å². The summed E-state index contributed by atoms with van der Waals surface area (Å²) in [7, 11) is 0. The van der Waals surface area contributed by atoms with Crippen molar-refractivity contribution in [3.05, 3.63) is 11.3 Å². The van der Waals surface area contributed by atoms with Crippen LogP contribution in [0.4, 0.5) is 5.00 Å². The van der Waals surface area contributed by atoms with Crippen molar-refractivity contribution in [1.29, 1.82) is 0 Å². The molecule has 3 rings (SSSR count). The van der Waals surface area contributed by atoms with Crippen LogP contribution in [0.15, 0.2) is 9.80 Å². The van der Waals surface area contributed by atoms with Gasteiger partial charge >= 0.3 is 0 Å². The zero-order valence-electron chi connectivity index (χ0n) is 6.41. The van der Waals surface area contributed by atoms with Gasteiger partial charge in [-0.3, -0.25) is 0 Å². The van der Waals surface area contributed by atoms with Crippen molar-refractivity contribution in [2.75, 3.05) is 5.73 Å². The quantitative estimate of drug-likeness (QED) is 0.732. The maximum absolute atomic E-state index is 5.71. The maximum Gasteiger partial charge on any atom is 0.198 e. The Morgan fingerprint density at radius 2 is 2.42 bits per heavy atom. The second kappa shape index (κ2) is 2.01. The van der Waals surface area contributed by atoms with Gasteiger partial charge in [-0.05, 0) is 12.8 Å². The zero-order chi connectivity index (χ0) is 8.13. The summed E-state index contributed by atoms with van der Waals surface area (Å²) in [6, 6.07) is 0. The molecule has 2 aromatic rings. The van der Waals surface area contributed by atoms with E-state index in [9.17, 15) is 0 Å². The highest BCUT2D eigenvalue weighted by molar-refractivity contribution is 7.15. The number of thiophene rings is 1. The zero-order valence-corrected chi connectivity index (χ0v) is 7.23. The maximum atomic E-state index is 5.71. The Bertz CT molecular complexity index is 427. The average molecular weight is 180 g/mol. The van der Waals surface area contributed by atoms with Gasteiger partial charge in [0.05, 0.1) is 0 Å². The number of fused-ring (bicyclic) bond motifs is 1. The molecule has 62 valence electrons. The van der Waals surface area contributed by atoms with Gasteiger partial charge in [0, 0.05) is 11.3 Å². The molecule has 0 atom stereocenters. The predicted molar refractivity (Wildman–Crippen MR) is 48.3 cm³/mol. The van der Waals surface area contributed by atoms with Gasteiger partial charge < -0.3 is 10.2 Å². The van der Waals surface area contributed by atoms with Gasteiger partial charge in [0.25, 0.3) is 0 Å². The Morgan fingerprint density at radius 1 is 1.58 bits per heavy atom. The highest BCUT2D eigenvalue weighted by Crippen LogP contribution is 2.41. The van der Waals surface area contributed by atoms with Gasteiger partial charge in [0.1, 0.15) is 10.5 Å². The van der Waals surface area contributed by atoms with Crippen molar-refractivity contribution in [2.24, 2.45) is 0 Å². The van der Waals surface area contributed by atoms with E-state index in [1.54, 1.807) is 0 Å². The van der Waals surface area contributed by atoms with Crippen molar-refractivity contribution in [3.63, 3.8) is 0 Å². The lowest BCUT2D eigenvalue weighted by Crippen LogP contribution is -1.80. The number of nitrogens with two attached hydrogens (primary N) is 1. The Labute approximate surface area is 73.2 Å². The fourth-order valence-electron chi connectivity index (χ4n) is 1.28. The third-order valence-corrected chi connectivity index (χ3v) is 2.90. The van der Waals surface area contributed by atoms with Crippen LogP contribution in [0.2, 0.25) is 0 Å². The second-order valence-electron chi connectivity index (χ2n) is 3.14. The molecule has 0 aliphatic heterocycles. The molecular weight excluding hydrogens is 172 g/mol. The Hall–Kier alpha value is -1.03. The van der Waals surface area contributed by atoms with E-state index < -0.39 is 0 Å². The topological polar surface area (TPSA) is 52.0 Å². The summed E-state index contributed by atoms with van der Waals surface area (Å²) in [5.41, 5.74) is 7.40. The van der Waals surface area contributed by atoms with Gasteiger partial charge in [-0.15, -0.1) is 11.3 Å². The van der Waals surface area contributed by atoms with Crippen LogP contribution in [0.25, 0.3) is 11.1 Å². The molecule has 0 spiro atoms. The van der Waals surface area contributed by atoms with E-state index in [0.717, 1.165) is 22.0 Å². The molecule has 0 amide bonds. The van der Waals surface area contributed by atoms with Crippen molar-refractivity contribution >= 4 is 27.4 Å². The summed E-state index contributed by atoms with van der Waals surface area (Å²) in [4.78, 5) is 4.35. The normalized spacial score (nSPS) is 17.3. The lowest BCUT2D eigenvalue weighted by Gasteiger charge is -1.83. The van der Waals surface area contributed by atoms with E-state index in [1.807, 2.05) is 5.38 Å². The van der Waals surface area contributed by atoms with Crippen molar-refractivity contribution in [3.8, 4) is 0 Å². The number of anilines is 1. The highest BCUT2D eigenvalue weighted by Gasteiger charge is 2.29. The minimum Gasteiger partial charge on any atom is -0.439 e. The van der Waals surface area contributed by atoms with Crippen molar-refractivity contribution in [1.82, 2.24) is 4.98 Å². The van der Waals surface area contributed by atoms with E-state index in [0.29, 0.717) is 5.92 Å². The lowest BCUT2D eigenvalue weighted by atomic mass is 10.4. The number of hydrogen-bond acceptors (Lipinski definition) is 4. The molecule has 1 aliphatic carbocycles. The molecule has 3 nitrogen and oxygen atoms in total. The molecule has 1 saturated carbocycles. The number of rotatable bonds is 1. The van der Waals surface area contributed by atoms with E-state index in [-0.39, 0.29) is 0 Å². The largest absolute Gasteiger partial charge is 0.439 e. The number of nitrogen functional groups attached to an aromatic ring is 1. The van der Waals surface area contributed by atoms with E-state index in [4.69, 9.17) is 10.2 Å². The van der Waals surface area contributed by atoms with Gasteiger partial charge in [-0.1, -0.05) is 0 Å². The monoisotopic (exact) mass is 180 g/mol. The van der Waals surface area contributed by atoms with Gasteiger partial charge in [0.15, 0.2) is 11.5 Å². The summed E-state index contributed by atoms with van der Waals surface area (Å²) in [6.45, 7) is 0. The molecule has 12 heavy (non-hydrogen) atoms. The molecule has 2 aromatic heterocycles. The van der Waals surface area contributed by atoms with Gasteiger partial charge in [0.2, 0.25) is 0 Å². The Balaban J connectivity index is 2.23. The summed E-state index contributed by atoms with van der Waals surface area (Å²) in [5.74, 6) is 1.45. The van der Waals surface area contributed by atoms with Crippen LogP contribution in [0.5, 0.6) is 0 Å².